The summed E-state index contributed by atoms with van der Waals surface area (Å²) in [4.78, 5) is 10.9. The summed E-state index contributed by atoms with van der Waals surface area (Å²) in [6.07, 6.45) is 0.331. The minimum absolute atomic E-state index is 0.227. The molecule has 88 valence electrons. The first-order chi connectivity index (χ1) is 7.61. The summed E-state index contributed by atoms with van der Waals surface area (Å²) in [6, 6.07) is 7.90. The van der Waals surface area contributed by atoms with Crippen molar-refractivity contribution in [3.63, 3.8) is 0 Å². The normalized spacial score (nSPS) is 12.1. The molecule has 0 aliphatic heterocycles. The van der Waals surface area contributed by atoms with E-state index in [9.17, 15) is 9.00 Å². The number of hydrogen-bond acceptors (Lipinski definition) is 2. The first kappa shape index (κ1) is 12.9. The van der Waals surface area contributed by atoms with Crippen molar-refractivity contribution in [3.8, 4) is 0 Å². The molecular weight excluding hydrogens is 224 g/mol. The van der Waals surface area contributed by atoms with Crippen molar-refractivity contribution in [2.75, 3.05) is 0 Å². The van der Waals surface area contributed by atoms with Crippen LogP contribution in [0.15, 0.2) is 24.3 Å². The molecule has 0 aliphatic rings. The summed E-state index contributed by atoms with van der Waals surface area (Å²) in [7, 11) is 0. The first-order valence-corrected chi connectivity index (χ1v) is 6.27. The van der Waals surface area contributed by atoms with E-state index in [1.54, 1.807) is 6.92 Å². The zero-order chi connectivity index (χ0) is 12.0. The van der Waals surface area contributed by atoms with Crippen molar-refractivity contribution in [2.45, 2.75) is 26.8 Å². The highest BCUT2D eigenvalue weighted by Crippen LogP contribution is 2.02. The maximum Gasteiger partial charge on any atom is 0.232 e. The molecular formula is C11H16N2O2S. The lowest BCUT2D eigenvalue weighted by atomic mass is 10.2. The van der Waals surface area contributed by atoms with Crippen LogP contribution in [-0.4, -0.2) is 10.1 Å². The Morgan fingerprint density at radius 3 is 2.50 bits per heavy atom. The summed E-state index contributed by atoms with van der Waals surface area (Å²) in [5.41, 5.74) is 2.22. The van der Waals surface area contributed by atoms with E-state index in [4.69, 9.17) is 0 Å². The highest BCUT2D eigenvalue weighted by molar-refractivity contribution is 7.81. The van der Waals surface area contributed by atoms with Crippen LogP contribution in [0.3, 0.4) is 0 Å². The van der Waals surface area contributed by atoms with Gasteiger partial charge in [-0.15, -0.1) is 0 Å². The Morgan fingerprint density at radius 1 is 1.31 bits per heavy atom. The topological polar surface area (TPSA) is 58.2 Å². The van der Waals surface area contributed by atoms with Crippen LogP contribution in [0.2, 0.25) is 0 Å². The van der Waals surface area contributed by atoms with Crippen molar-refractivity contribution in [1.29, 1.82) is 0 Å². The zero-order valence-corrected chi connectivity index (χ0v) is 10.3. The van der Waals surface area contributed by atoms with Crippen LogP contribution in [0, 0.1) is 6.92 Å². The second-order valence-electron chi connectivity index (χ2n) is 3.45. The van der Waals surface area contributed by atoms with Crippen molar-refractivity contribution in [1.82, 2.24) is 9.44 Å². The molecule has 0 fully saturated rings. The Kier molecular flexibility index (Phi) is 5.14. The monoisotopic (exact) mass is 240 g/mol. The van der Waals surface area contributed by atoms with Gasteiger partial charge >= 0.3 is 0 Å². The fourth-order valence-corrected chi connectivity index (χ4v) is 1.79. The van der Waals surface area contributed by atoms with Gasteiger partial charge in [0.2, 0.25) is 5.91 Å². The summed E-state index contributed by atoms with van der Waals surface area (Å²) < 4.78 is 16.4. The van der Waals surface area contributed by atoms with Crippen LogP contribution in [-0.2, 0) is 22.5 Å². The van der Waals surface area contributed by atoms with Gasteiger partial charge in [0.25, 0.3) is 0 Å². The molecule has 0 saturated heterocycles. The number of nitrogens with one attached hydrogen (secondary N) is 2. The molecule has 1 atom stereocenters. The molecule has 2 N–H and O–H groups in total. The number of carbonyl (C=O) groups is 1. The maximum absolute atomic E-state index is 11.3. The van der Waals surface area contributed by atoms with Gasteiger partial charge in [-0.2, -0.15) is 0 Å². The molecule has 0 spiro atoms. The molecule has 0 aromatic heterocycles. The van der Waals surface area contributed by atoms with Gasteiger partial charge < -0.3 is 0 Å². The van der Waals surface area contributed by atoms with E-state index in [-0.39, 0.29) is 5.91 Å². The molecule has 5 heteroatoms. The molecule has 4 nitrogen and oxygen atoms in total. The summed E-state index contributed by atoms with van der Waals surface area (Å²) in [5, 5.41) is 0. The number of carbonyl (C=O) groups excluding carboxylic acids is 1. The molecule has 1 amide bonds. The third-order valence-corrected chi connectivity index (χ3v) is 2.88. The highest BCUT2D eigenvalue weighted by atomic mass is 32.2. The van der Waals surface area contributed by atoms with Crippen molar-refractivity contribution >= 4 is 17.1 Å². The molecule has 0 aliphatic carbocycles. The van der Waals surface area contributed by atoms with Crippen LogP contribution < -0.4 is 9.44 Å². The maximum atomic E-state index is 11.3. The van der Waals surface area contributed by atoms with Gasteiger partial charge in [0.05, 0.1) is 0 Å². The average molecular weight is 240 g/mol. The first-order valence-electron chi connectivity index (χ1n) is 5.12. The van der Waals surface area contributed by atoms with E-state index in [1.807, 2.05) is 31.2 Å². The van der Waals surface area contributed by atoms with Gasteiger partial charge in [-0.05, 0) is 12.5 Å². The number of benzene rings is 1. The molecule has 1 aromatic carbocycles. The fraction of sp³-hybridized carbons (Fsp3) is 0.364. The Labute approximate surface area is 98.2 Å². The standard InChI is InChI=1S/C11H16N2O2S/c1-3-11(14)13-16(15)12-8-10-6-4-9(2)5-7-10/h4-7,12H,3,8H2,1-2H3,(H,13,14). The Bertz CT molecular complexity index is 376. The SMILES string of the molecule is CCC(=O)NS(=O)NCc1ccc(C)cc1. The lowest BCUT2D eigenvalue weighted by molar-refractivity contribution is -0.118. The average Bonchev–Trinajstić information content (AvgIpc) is 2.28. The Balaban J connectivity index is 2.37. The van der Waals surface area contributed by atoms with E-state index < -0.39 is 11.2 Å². The minimum atomic E-state index is -1.51. The quantitative estimate of drug-likeness (QED) is 0.812. The van der Waals surface area contributed by atoms with E-state index in [0.717, 1.165) is 5.56 Å². The van der Waals surface area contributed by atoms with Gasteiger partial charge in [-0.1, -0.05) is 36.8 Å². The van der Waals surface area contributed by atoms with Crippen molar-refractivity contribution < 1.29 is 9.00 Å². The second-order valence-corrected chi connectivity index (χ2v) is 4.48. The second kappa shape index (κ2) is 6.40. The van der Waals surface area contributed by atoms with E-state index in [1.165, 1.54) is 5.56 Å². The fourth-order valence-electron chi connectivity index (χ4n) is 1.07. The van der Waals surface area contributed by atoms with Crippen molar-refractivity contribution in [3.05, 3.63) is 35.4 Å². The molecule has 16 heavy (non-hydrogen) atoms. The number of amides is 1. The van der Waals surface area contributed by atoms with Crippen molar-refractivity contribution in [2.24, 2.45) is 0 Å². The van der Waals surface area contributed by atoms with Gasteiger partial charge in [-0.25, -0.2) is 8.93 Å². The Morgan fingerprint density at radius 2 is 1.94 bits per heavy atom. The summed E-state index contributed by atoms with van der Waals surface area (Å²) in [5.74, 6) is -0.227. The summed E-state index contributed by atoms with van der Waals surface area (Å²) >= 11 is -1.51. The molecule has 1 unspecified atom stereocenters. The zero-order valence-electron chi connectivity index (χ0n) is 9.45. The molecule has 1 rings (SSSR count). The number of hydrogen-bond donors (Lipinski definition) is 2. The van der Waals surface area contributed by atoms with E-state index in [2.05, 4.69) is 9.44 Å². The predicted octanol–water partition coefficient (Wildman–Crippen LogP) is 1.19. The molecule has 0 bridgehead atoms. The number of aryl methyl sites for hydroxylation is 1. The molecule has 0 radical (unpaired) electrons. The summed E-state index contributed by atoms with van der Waals surface area (Å²) in [6.45, 7) is 4.19. The van der Waals surface area contributed by atoms with Gasteiger partial charge in [0.15, 0.2) is 11.2 Å². The van der Waals surface area contributed by atoms with Gasteiger partial charge in [-0.3, -0.25) is 9.52 Å². The highest BCUT2D eigenvalue weighted by Gasteiger charge is 2.02. The van der Waals surface area contributed by atoms with Crippen LogP contribution >= 0.6 is 0 Å². The molecule has 0 saturated carbocycles. The van der Waals surface area contributed by atoms with Crippen LogP contribution in [0.1, 0.15) is 24.5 Å². The molecule has 1 aromatic rings. The van der Waals surface area contributed by atoms with Gasteiger partial charge in [0.1, 0.15) is 0 Å². The van der Waals surface area contributed by atoms with Crippen LogP contribution in [0.4, 0.5) is 0 Å². The number of rotatable bonds is 5. The lowest BCUT2D eigenvalue weighted by Gasteiger charge is -2.05. The van der Waals surface area contributed by atoms with Crippen LogP contribution in [0.25, 0.3) is 0 Å². The lowest BCUT2D eigenvalue weighted by Crippen LogP contribution is -2.33. The smallest absolute Gasteiger partial charge is 0.232 e. The predicted molar refractivity (Wildman–Crippen MR) is 64.6 cm³/mol. The van der Waals surface area contributed by atoms with Crippen LogP contribution in [0.5, 0.6) is 0 Å². The minimum Gasteiger partial charge on any atom is -0.274 e. The van der Waals surface area contributed by atoms with E-state index in [0.29, 0.717) is 13.0 Å². The van der Waals surface area contributed by atoms with Gasteiger partial charge in [0, 0.05) is 13.0 Å². The third kappa shape index (κ3) is 4.55. The molecule has 0 heterocycles. The third-order valence-electron chi connectivity index (χ3n) is 2.06. The van der Waals surface area contributed by atoms with E-state index >= 15 is 0 Å². The Hall–Kier alpha value is -1.20. The largest absolute Gasteiger partial charge is 0.274 e.